The molecule has 2 aromatic carbocycles. The molecule has 8 nitrogen and oxygen atoms in total. The Kier molecular flexibility index (Phi) is 5.91. The normalized spacial score (nSPS) is 11.3. The number of hydrogen-bond acceptors (Lipinski definition) is 6. The largest absolute Gasteiger partial charge is 0.439 e. The summed E-state index contributed by atoms with van der Waals surface area (Å²) < 4.78 is 35.3. The van der Waals surface area contributed by atoms with Gasteiger partial charge in [-0.25, -0.2) is 18.4 Å². The Hall–Kier alpha value is -3.72. The van der Waals surface area contributed by atoms with Crippen molar-refractivity contribution in [3.8, 4) is 17.4 Å². The van der Waals surface area contributed by atoms with Gasteiger partial charge in [0.05, 0.1) is 5.75 Å². The molecule has 9 heteroatoms. The minimum atomic E-state index is -3.54. The number of aromatic nitrogens is 4. The van der Waals surface area contributed by atoms with Crippen molar-refractivity contribution in [3.05, 3.63) is 89.8 Å². The predicted octanol–water partition coefficient (Wildman–Crippen LogP) is 4.32. The van der Waals surface area contributed by atoms with Gasteiger partial charge in [0.25, 0.3) is 0 Å². The molecule has 0 atom stereocenters. The van der Waals surface area contributed by atoms with Gasteiger partial charge in [0, 0.05) is 24.1 Å². The zero-order valence-electron chi connectivity index (χ0n) is 18.0. The Bertz CT molecular complexity index is 1350. The molecule has 0 aliphatic rings. The Morgan fingerprint density at radius 2 is 1.78 bits per heavy atom. The molecule has 2 heterocycles. The number of imidazole rings is 1. The van der Waals surface area contributed by atoms with Crippen molar-refractivity contribution >= 4 is 15.7 Å². The number of rotatable bonds is 7. The Morgan fingerprint density at radius 1 is 1.00 bits per heavy atom. The van der Waals surface area contributed by atoms with Crippen molar-refractivity contribution in [3.63, 3.8) is 0 Å². The molecule has 0 fully saturated rings. The smallest absolute Gasteiger partial charge is 0.236 e. The van der Waals surface area contributed by atoms with E-state index in [9.17, 15) is 8.42 Å². The SMILES string of the molecule is Cc1cccc(CS(=O)(=O)Nc2ccc(Oc3cc(-n4ccnc4C)nc(C)n3)cc2)c1. The molecule has 0 amide bonds. The molecule has 0 saturated heterocycles. The Balaban J connectivity index is 1.46. The van der Waals surface area contributed by atoms with Crippen LogP contribution in [0.2, 0.25) is 0 Å². The third kappa shape index (κ3) is 5.30. The van der Waals surface area contributed by atoms with E-state index < -0.39 is 10.0 Å². The molecule has 4 aromatic rings. The third-order valence-corrected chi connectivity index (χ3v) is 5.92. The number of aryl methyl sites for hydroxylation is 3. The molecule has 32 heavy (non-hydrogen) atoms. The van der Waals surface area contributed by atoms with Gasteiger partial charge in [-0.1, -0.05) is 29.8 Å². The summed E-state index contributed by atoms with van der Waals surface area (Å²) in [6.07, 6.45) is 3.52. The molecule has 0 aliphatic carbocycles. The lowest BCUT2D eigenvalue weighted by molar-refractivity contribution is 0.459. The van der Waals surface area contributed by atoms with Crippen molar-refractivity contribution < 1.29 is 13.2 Å². The first-order chi connectivity index (χ1) is 15.3. The second kappa shape index (κ2) is 8.80. The molecule has 0 bridgehead atoms. The van der Waals surface area contributed by atoms with Crippen molar-refractivity contribution in [2.75, 3.05) is 4.72 Å². The molecule has 0 aliphatic heterocycles. The summed E-state index contributed by atoms with van der Waals surface area (Å²) in [7, 11) is -3.54. The first-order valence-corrected chi connectivity index (χ1v) is 11.6. The molecule has 164 valence electrons. The monoisotopic (exact) mass is 449 g/mol. The van der Waals surface area contributed by atoms with Crippen LogP contribution in [0.3, 0.4) is 0 Å². The highest BCUT2D eigenvalue weighted by molar-refractivity contribution is 7.91. The van der Waals surface area contributed by atoms with Gasteiger partial charge >= 0.3 is 0 Å². The maximum absolute atomic E-state index is 12.5. The van der Waals surface area contributed by atoms with Crippen LogP contribution in [0.1, 0.15) is 22.8 Å². The van der Waals surface area contributed by atoms with Crippen LogP contribution in [-0.2, 0) is 15.8 Å². The fourth-order valence-corrected chi connectivity index (χ4v) is 4.46. The molecule has 0 radical (unpaired) electrons. The van der Waals surface area contributed by atoms with Crippen LogP contribution in [0.15, 0.2) is 67.0 Å². The van der Waals surface area contributed by atoms with E-state index in [-0.39, 0.29) is 5.75 Å². The van der Waals surface area contributed by atoms with Gasteiger partial charge in [0.1, 0.15) is 23.2 Å². The Labute approximate surface area is 187 Å². The topological polar surface area (TPSA) is 99.0 Å². The lowest BCUT2D eigenvalue weighted by Gasteiger charge is -2.11. The quantitative estimate of drug-likeness (QED) is 0.451. The van der Waals surface area contributed by atoms with E-state index in [0.717, 1.165) is 17.0 Å². The lowest BCUT2D eigenvalue weighted by atomic mass is 10.2. The summed E-state index contributed by atoms with van der Waals surface area (Å²) in [5.74, 6) is 2.83. The maximum Gasteiger partial charge on any atom is 0.236 e. The summed E-state index contributed by atoms with van der Waals surface area (Å²) in [6, 6.07) is 15.8. The highest BCUT2D eigenvalue weighted by Gasteiger charge is 2.13. The van der Waals surface area contributed by atoms with Crippen LogP contribution in [0.5, 0.6) is 11.6 Å². The molecule has 0 spiro atoms. The van der Waals surface area contributed by atoms with Gasteiger partial charge in [-0.3, -0.25) is 9.29 Å². The van der Waals surface area contributed by atoms with E-state index in [2.05, 4.69) is 19.7 Å². The molecule has 4 rings (SSSR count). The average Bonchev–Trinajstić information content (AvgIpc) is 3.14. The van der Waals surface area contributed by atoms with Crippen LogP contribution in [0.25, 0.3) is 5.82 Å². The van der Waals surface area contributed by atoms with E-state index in [1.165, 1.54) is 0 Å². The van der Waals surface area contributed by atoms with Crippen molar-refractivity contribution in [1.82, 2.24) is 19.5 Å². The van der Waals surface area contributed by atoms with Crippen LogP contribution < -0.4 is 9.46 Å². The van der Waals surface area contributed by atoms with Gasteiger partial charge in [0.2, 0.25) is 15.9 Å². The summed E-state index contributed by atoms with van der Waals surface area (Å²) in [5.41, 5.74) is 2.21. The lowest BCUT2D eigenvalue weighted by Crippen LogP contribution is -2.15. The van der Waals surface area contributed by atoms with Crippen molar-refractivity contribution in [1.29, 1.82) is 0 Å². The predicted molar refractivity (Wildman–Crippen MR) is 123 cm³/mol. The highest BCUT2D eigenvalue weighted by Crippen LogP contribution is 2.24. The number of ether oxygens (including phenoxy) is 1. The average molecular weight is 450 g/mol. The molecular formula is C23H23N5O3S. The zero-order chi connectivity index (χ0) is 22.7. The fraction of sp³-hybridized carbons (Fsp3) is 0.174. The minimum absolute atomic E-state index is 0.0937. The standard InChI is InChI=1S/C23H23N5O3S/c1-16-5-4-6-19(13-16)15-32(29,30)27-20-7-9-21(10-8-20)31-23-14-22(25-17(2)26-23)28-12-11-24-18(28)3/h4-14,27H,15H2,1-3H3. The molecule has 0 unspecified atom stereocenters. The van der Waals surface area contributed by atoms with Crippen molar-refractivity contribution in [2.45, 2.75) is 26.5 Å². The van der Waals surface area contributed by atoms with E-state index in [1.54, 1.807) is 49.5 Å². The third-order valence-electron chi connectivity index (χ3n) is 4.66. The summed E-state index contributed by atoms with van der Waals surface area (Å²) in [4.78, 5) is 13.0. The highest BCUT2D eigenvalue weighted by atomic mass is 32.2. The van der Waals surface area contributed by atoms with E-state index in [1.807, 2.05) is 42.8 Å². The first kappa shape index (κ1) is 21.5. The fourth-order valence-electron chi connectivity index (χ4n) is 3.27. The van der Waals surface area contributed by atoms with E-state index in [0.29, 0.717) is 29.0 Å². The number of nitrogens with zero attached hydrogens (tertiary/aromatic N) is 4. The first-order valence-electron chi connectivity index (χ1n) is 9.97. The zero-order valence-corrected chi connectivity index (χ0v) is 18.8. The number of benzene rings is 2. The van der Waals surface area contributed by atoms with Gasteiger partial charge in [-0.05, 0) is 50.6 Å². The minimum Gasteiger partial charge on any atom is -0.439 e. The van der Waals surface area contributed by atoms with Crippen LogP contribution in [0.4, 0.5) is 5.69 Å². The van der Waals surface area contributed by atoms with Crippen molar-refractivity contribution in [2.24, 2.45) is 0 Å². The number of nitrogens with one attached hydrogen (secondary N) is 1. The summed E-state index contributed by atoms with van der Waals surface area (Å²) >= 11 is 0. The van der Waals surface area contributed by atoms with Crippen LogP contribution in [0, 0.1) is 20.8 Å². The second-order valence-corrected chi connectivity index (χ2v) is 9.15. The Morgan fingerprint density at radius 3 is 2.47 bits per heavy atom. The molecular weight excluding hydrogens is 426 g/mol. The van der Waals surface area contributed by atoms with Crippen LogP contribution >= 0.6 is 0 Å². The summed E-state index contributed by atoms with van der Waals surface area (Å²) in [6.45, 7) is 5.60. The number of hydrogen-bond donors (Lipinski definition) is 1. The molecule has 2 aromatic heterocycles. The van der Waals surface area contributed by atoms with Gasteiger partial charge in [-0.15, -0.1) is 0 Å². The van der Waals surface area contributed by atoms with Gasteiger partial charge in [-0.2, -0.15) is 4.98 Å². The van der Waals surface area contributed by atoms with Gasteiger partial charge in [0.15, 0.2) is 0 Å². The van der Waals surface area contributed by atoms with Crippen LogP contribution in [-0.4, -0.2) is 27.9 Å². The van der Waals surface area contributed by atoms with E-state index >= 15 is 0 Å². The number of sulfonamides is 1. The molecule has 0 saturated carbocycles. The second-order valence-electron chi connectivity index (χ2n) is 7.43. The number of anilines is 1. The molecule has 1 N–H and O–H groups in total. The summed E-state index contributed by atoms with van der Waals surface area (Å²) in [5, 5.41) is 0. The maximum atomic E-state index is 12.5. The van der Waals surface area contributed by atoms with Gasteiger partial charge < -0.3 is 4.74 Å². The van der Waals surface area contributed by atoms with E-state index in [4.69, 9.17) is 4.74 Å².